The number of benzene rings is 2. The molecule has 3 aromatic rings. The molecule has 0 atom stereocenters. The molecule has 0 radical (unpaired) electrons. The average molecular weight is 471 g/mol. The maximum absolute atomic E-state index is 13.1. The molecule has 1 aliphatic rings. The Morgan fingerprint density at radius 2 is 1.55 bits per heavy atom. The van der Waals surface area contributed by atoms with Crippen LogP contribution in [0.1, 0.15) is 25.7 Å². The molecular weight excluding hydrogens is 443 g/mol. The van der Waals surface area contributed by atoms with Gasteiger partial charge in [0.05, 0.1) is 4.90 Å². The van der Waals surface area contributed by atoms with Gasteiger partial charge in [0.15, 0.2) is 0 Å². The molecule has 10 heteroatoms. The monoisotopic (exact) mass is 470 g/mol. The Kier molecular flexibility index (Phi) is 6.87. The fourth-order valence-electron chi connectivity index (χ4n) is 3.84. The van der Waals surface area contributed by atoms with Crippen molar-refractivity contribution in [2.24, 2.45) is 5.73 Å². The number of sulfonamides is 1. The highest BCUT2D eigenvalue weighted by molar-refractivity contribution is 7.89. The van der Waals surface area contributed by atoms with Gasteiger partial charge in [-0.3, -0.25) is 0 Å². The van der Waals surface area contributed by atoms with Gasteiger partial charge in [-0.1, -0.05) is 0 Å². The van der Waals surface area contributed by atoms with Crippen molar-refractivity contribution >= 4 is 33.2 Å². The third kappa shape index (κ3) is 5.65. The second kappa shape index (κ2) is 9.82. The summed E-state index contributed by atoms with van der Waals surface area (Å²) in [6.07, 6.45) is 4.81. The van der Waals surface area contributed by atoms with Crippen LogP contribution in [-0.2, 0) is 10.0 Å². The Bertz CT molecular complexity index is 1180. The molecule has 0 aliphatic heterocycles. The van der Waals surface area contributed by atoms with E-state index >= 15 is 0 Å². The van der Waals surface area contributed by atoms with Crippen LogP contribution in [0.25, 0.3) is 0 Å². The van der Waals surface area contributed by atoms with Crippen molar-refractivity contribution in [1.29, 1.82) is 0 Å². The number of nitrogens with two attached hydrogens (primary N) is 1. The molecule has 33 heavy (non-hydrogen) atoms. The first kappa shape index (κ1) is 23.1. The second-order valence-corrected chi connectivity index (χ2v) is 10.1. The molecular formula is C23H27FN6O2S. The average Bonchev–Trinajstić information content (AvgIpc) is 2.81. The molecule has 4 N–H and O–H groups in total. The molecule has 2 aromatic carbocycles. The van der Waals surface area contributed by atoms with Crippen LogP contribution in [0.4, 0.5) is 27.5 Å². The van der Waals surface area contributed by atoms with Gasteiger partial charge in [0.2, 0.25) is 16.0 Å². The number of anilines is 4. The molecule has 0 amide bonds. The lowest BCUT2D eigenvalue weighted by Gasteiger charge is -2.32. The quantitative estimate of drug-likeness (QED) is 0.478. The third-order valence-corrected chi connectivity index (χ3v) is 7.74. The molecule has 1 fully saturated rings. The molecule has 0 saturated heterocycles. The van der Waals surface area contributed by atoms with Gasteiger partial charge in [-0.2, -0.15) is 9.29 Å². The Labute approximate surface area is 193 Å². The van der Waals surface area contributed by atoms with Crippen molar-refractivity contribution in [1.82, 2.24) is 14.3 Å². The van der Waals surface area contributed by atoms with Crippen molar-refractivity contribution in [2.75, 3.05) is 17.7 Å². The molecule has 1 aromatic heterocycles. The number of nitrogens with one attached hydrogen (secondary N) is 2. The van der Waals surface area contributed by atoms with E-state index in [0.29, 0.717) is 23.1 Å². The SMILES string of the molecule is CN(C1CCC(N)CC1)S(=O)(=O)c1ccc(Nc2nccc(Nc3ccc(F)cc3)n2)cc1. The number of aromatic nitrogens is 2. The van der Waals surface area contributed by atoms with Crippen LogP contribution in [-0.4, -0.2) is 41.8 Å². The largest absolute Gasteiger partial charge is 0.340 e. The van der Waals surface area contributed by atoms with Crippen molar-refractivity contribution in [3.05, 3.63) is 66.6 Å². The summed E-state index contributed by atoms with van der Waals surface area (Å²) in [5, 5.41) is 6.15. The van der Waals surface area contributed by atoms with Gasteiger partial charge in [-0.25, -0.2) is 17.8 Å². The molecule has 0 unspecified atom stereocenters. The number of nitrogens with zero attached hydrogens (tertiary/aromatic N) is 3. The molecule has 0 spiro atoms. The maximum atomic E-state index is 13.1. The van der Waals surface area contributed by atoms with Crippen molar-refractivity contribution < 1.29 is 12.8 Å². The van der Waals surface area contributed by atoms with Crippen LogP contribution < -0.4 is 16.4 Å². The van der Waals surface area contributed by atoms with E-state index in [1.54, 1.807) is 55.7 Å². The highest BCUT2D eigenvalue weighted by atomic mass is 32.2. The highest BCUT2D eigenvalue weighted by Crippen LogP contribution is 2.27. The minimum absolute atomic E-state index is 0.0302. The summed E-state index contributed by atoms with van der Waals surface area (Å²) in [7, 11) is -1.96. The van der Waals surface area contributed by atoms with Crippen LogP contribution in [0.2, 0.25) is 0 Å². The van der Waals surface area contributed by atoms with Gasteiger partial charge < -0.3 is 16.4 Å². The van der Waals surface area contributed by atoms with Crippen LogP contribution in [0.3, 0.4) is 0 Å². The third-order valence-electron chi connectivity index (χ3n) is 5.82. The molecule has 4 rings (SSSR count). The summed E-state index contributed by atoms with van der Waals surface area (Å²) in [6, 6.07) is 14.3. The first-order valence-electron chi connectivity index (χ1n) is 10.8. The predicted molar refractivity (Wildman–Crippen MR) is 127 cm³/mol. The molecule has 8 nitrogen and oxygen atoms in total. The van der Waals surface area contributed by atoms with Gasteiger partial charge in [0, 0.05) is 36.7 Å². The fourth-order valence-corrected chi connectivity index (χ4v) is 5.25. The van der Waals surface area contributed by atoms with E-state index in [9.17, 15) is 12.8 Å². The summed E-state index contributed by atoms with van der Waals surface area (Å²) in [4.78, 5) is 8.82. The Morgan fingerprint density at radius 3 is 2.21 bits per heavy atom. The lowest BCUT2D eigenvalue weighted by Crippen LogP contribution is -2.41. The minimum atomic E-state index is -3.59. The molecule has 1 heterocycles. The van der Waals surface area contributed by atoms with Crippen LogP contribution in [0.15, 0.2) is 65.7 Å². The minimum Gasteiger partial charge on any atom is -0.340 e. The second-order valence-electron chi connectivity index (χ2n) is 8.14. The summed E-state index contributed by atoms with van der Waals surface area (Å²) in [5.74, 6) is 0.561. The van der Waals surface area contributed by atoms with Crippen LogP contribution >= 0.6 is 0 Å². The van der Waals surface area contributed by atoms with Gasteiger partial charge in [0.25, 0.3) is 0 Å². The highest BCUT2D eigenvalue weighted by Gasteiger charge is 2.30. The molecule has 1 saturated carbocycles. The zero-order chi connectivity index (χ0) is 23.4. The summed E-state index contributed by atoms with van der Waals surface area (Å²) < 4.78 is 40.6. The van der Waals surface area contributed by atoms with E-state index in [4.69, 9.17) is 5.73 Å². The van der Waals surface area contributed by atoms with Crippen molar-refractivity contribution in [3.63, 3.8) is 0 Å². The van der Waals surface area contributed by atoms with E-state index in [1.165, 1.54) is 16.4 Å². The van der Waals surface area contributed by atoms with Gasteiger partial charge in [-0.15, -0.1) is 0 Å². The van der Waals surface area contributed by atoms with Crippen molar-refractivity contribution in [2.45, 2.75) is 42.7 Å². The van der Waals surface area contributed by atoms with E-state index in [1.807, 2.05) is 0 Å². The number of hydrogen-bond acceptors (Lipinski definition) is 7. The number of rotatable bonds is 7. The zero-order valence-electron chi connectivity index (χ0n) is 18.3. The summed E-state index contributed by atoms with van der Waals surface area (Å²) >= 11 is 0. The molecule has 174 valence electrons. The standard InChI is InChI=1S/C23H27FN6O2S/c1-30(20-10-4-17(25)5-11-20)33(31,32)21-12-8-19(9-13-21)28-23-26-15-14-22(29-23)27-18-6-2-16(24)3-7-18/h2-3,6-9,12-15,17,20H,4-5,10-11,25H2,1H3,(H2,26,27,28,29). The Morgan fingerprint density at radius 1 is 0.939 bits per heavy atom. The van der Waals surface area contributed by atoms with Crippen molar-refractivity contribution in [3.8, 4) is 0 Å². The Balaban J connectivity index is 1.42. The van der Waals surface area contributed by atoms with E-state index < -0.39 is 10.0 Å². The van der Waals surface area contributed by atoms with E-state index in [2.05, 4.69) is 20.6 Å². The lowest BCUT2D eigenvalue weighted by molar-refractivity contribution is 0.268. The maximum Gasteiger partial charge on any atom is 0.243 e. The Hall–Kier alpha value is -3.08. The zero-order valence-corrected chi connectivity index (χ0v) is 19.1. The van der Waals surface area contributed by atoms with Crippen LogP contribution in [0, 0.1) is 5.82 Å². The van der Waals surface area contributed by atoms with Gasteiger partial charge in [0.1, 0.15) is 11.6 Å². The first-order valence-corrected chi connectivity index (χ1v) is 12.2. The van der Waals surface area contributed by atoms with E-state index in [-0.39, 0.29) is 22.8 Å². The first-order chi connectivity index (χ1) is 15.8. The van der Waals surface area contributed by atoms with Gasteiger partial charge in [-0.05, 0) is 80.3 Å². The summed E-state index contributed by atoms with van der Waals surface area (Å²) in [6.45, 7) is 0. The molecule has 0 bridgehead atoms. The predicted octanol–water partition coefficient (Wildman–Crippen LogP) is 3.99. The summed E-state index contributed by atoms with van der Waals surface area (Å²) in [5.41, 5.74) is 7.29. The fraction of sp³-hybridized carbons (Fsp3) is 0.304. The van der Waals surface area contributed by atoms with E-state index in [0.717, 1.165) is 25.7 Å². The number of hydrogen-bond donors (Lipinski definition) is 3. The number of halogens is 1. The van der Waals surface area contributed by atoms with Crippen LogP contribution in [0.5, 0.6) is 0 Å². The topological polar surface area (TPSA) is 113 Å². The lowest BCUT2D eigenvalue weighted by atomic mass is 9.92. The van der Waals surface area contributed by atoms with Gasteiger partial charge >= 0.3 is 0 Å². The molecule has 1 aliphatic carbocycles. The normalized spacial score (nSPS) is 18.8. The smallest absolute Gasteiger partial charge is 0.243 e.